The van der Waals surface area contributed by atoms with Crippen molar-refractivity contribution < 1.29 is 4.39 Å². The van der Waals surface area contributed by atoms with Crippen LogP contribution in [0.3, 0.4) is 0 Å². The number of hydrogen-bond acceptors (Lipinski definition) is 1. The Labute approximate surface area is 110 Å². The molecule has 0 amide bonds. The van der Waals surface area contributed by atoms with Gasteiger partial charge in [-0.1, -0.05) is 31.5 Å². The van der Waals surface area contributed by atoms with Crippen molar-refractivity contribution in [2.45, 2.75) is 32.7 Å². The maximum atomic E-state index is 13.9. The lowest BCUT2D eigenvalue weighted by atomic mass is 10.0. The van der Waals surface area contributed by atoms with E-state index in [4.69, 9.17) is 11.6 Å². The molecule has 0 aliphatic rings. The highest BCUT2D eigenvalue weighted by atomic mass is 79.9. The molecule has 0 aromatic heterocycles. The third-order valence-electron chi connectivity index (χ3n) is 2.49. The Morgan fingerprint density at radius 2 is 2.12 bits per heavy atom. The summed E-state index contributed by atoms with van der Waals surface area (Å²) in [6.07, 6.45) is 1.87. The highest BCUT2D eigenvalue weighted by molar-refractivity contribution is 9.10. The van der Waals surface area contributed by atoms with E-state index in [1.165, 1.54) is 0 Å². The van der Waals surface area contributed by atoms with Gasteiger partial charge in [-0.05, 0) is 41.4 Å². The van der Waals surface area contributed by atoms with Gasteiger partial charge in [0.15, 0.2) is 0 Å². The molecule has 1 rings (SSSR count). The van der Waals surface area contributed by atoms with E-state index in [-0.39, 0.29) is 16.9 Å². The van der Waals surface area contributed by atoms with Crippen LogP contribution in [0.15, 0.2) is 16.6 Å². The smallest absolute Gasteiger partial charge is 0.147 e. The molecule has 4 heteroatoms. The van der Waals surface area contributed by atoms with Crippen LogP contribution in [0.1, 0.15) is 38.3 Å². The minimum Gasteiger partial charge on any atom is -0.310 e. The topological polar surface area (TPSA) is 12.0 Å². The molecule has 1 unspecified atom stereocenters. The van der Waals surface area contributed by atoms with Crippen LogP contribution in [0.2, 0.25) is 5.02 Å². The van der Waals surface area contributed by atoms with E-state index in [0.29, 0.717) is 10.0 Å². The highest BCUT2D eigenvalue weighted by Gasteiger charge is 2.16. The first-order chi connectivity index (χ1) is 7.61. The van der Waals surface area contributed by atoms with Crippen LogP contribution in [0.4, 0.5) is 4.39 Å². The summed E-state index contributed by atoms with van der Waals surface area (Å²) in [6, 6.07) is 3.60. The number of hydrogen-bond donors (Lipinski definition) is 1. The first-order valence-corrected chi connectivity index (χ1v) is 6.65. The van der Waals surface area contributed by atoms with Crippen molar-refractivity contribution in [3.8, 4) is 0 Å². The molecular weight excluding hydrogens is 292 g/mol. The van der Waals surface area contributed by atoms with Gasteiger partial charge in [0.25, 0.3) is 0 Å². The summed E-state index contributed by atoms with van der Waals surface area (Å²) in [4.78, 5) is 0. The van der Waals surface area contributed by atoms with Gasteiger partial charge in [-0.2, -0.15) is 0 Å². The lowest BCUT2D eigenvalue weighted by Crippen LogP contribution is -2.22. The van der Waals surface area contributed by atoms with Crippen LogP contribution in [0, 0.1) is 5.82 Å². The van der Waals surface area contributed by atoms with Gasteiger partial charge in [-0.3, -0.25) is 0 Å². The van der Waals surface area contributed by atoms with Gasteiger partial charge in [0.2, 0.25) is 0 Å². The maximum Gasteiger partial charge on any atom is 0.147 e. The zero-order chi connectivity index (χ0) is 12.1. The molecule has 0 saturated carbocycles. The summed E-state index contributed by atoms with van der Waals surface area (Å²) in [5, 5.41) is 3.47. The third kappa shape index (κ3) is 3.19. The molecule has 1 N–H and O–H groups in total. The average Bonchev–Trinajstić information content (AvgIpc) is 2.29. The van der Waals surface area contributed by atoms with Gasteiger partial charge in [0.1, 0.15) is 5.82 Å². The minimum absolute atomic E-state index is 0.0329. The van der Waals surface area contributed by atoms with Gasteiger partial charge in [-0.25, -0.2) is 4.39 Å². The summed E-state index contributed by atoms with van der Waals surface area (Å²) in [5.74, 6) is -0.327. The van der Waals surface area contributed by atoms with E-state index in [0.717, 1.165) is 19.4 Å². The van der Waals surface area contributed by atoms with E-state index in [1.54, 1.807) is 12.1 Å². The summed E-state index contributed by atoms with van der Waals surface area (Å²) >= 11 is 9.08. The number of nitrogens with one attached hydrogen (secondary N) is 1. The van der Waals surface area contributed by atoms with Crippen LogP contribution in [-0.2, 0) is 0 Å². The molecule has 1 atom stereocenters. The molecule has 0 bridgehead atoms. The molecule has 0 aliphatic carbocycles. The summed E-state index contributed by atoms with van der Waals surface area (Å²) in [6.45, 7) is 5.00. The molecule has 0 spiro atoms. The Morgan fingerprint density at radius 3 is 2.69 bits per heavy atom. The second kappa shape index (κ2) is 6.58. The third-order valence-corrected chi connectivity index (χ3v) is 3.75. The van der Waals surface area contributed by atoms with Crippen LogP contribution in [0.5, 0.6) is 0 Å². The maximum absolute atomic E-state index is 13.9. The quantitative estimate of drug-likeness (QED) is 0.778. The van der Waals surface area contributed by atoms with E-state index in [9.17, 15) is 4.39 Å². The fourth-order valence-electron chi connectivity index (χ4n) is 1.60. The first-order valence-electron chi connectivity index (χ1n) is 5.48. The number of halogens is 3. The van der Waals surface area contributed by atoms with Crippen molar-refractivity contribution in [1.29, 1.82) is 0 Å². The molecule has 90 valence electrons. The zero-order valence-corrected chi connectivity index (χ0v) is 11.8. The van der Waals surface area contributed by atoms with Gasteiger partial charge < -0.3 is 5.32 Å². The molecule has 1 nitrogen and oxygen atoms in total. The highest BCUT2D eigenvalue weighted by Crippen LogP contribution is 2.31. The first kappa shape index (κ1) is 13.9. The molecule has 0 radical (unpaired) electrons. The van der Waals surface area contributed by atoms with Crippen molar-refractivity contribution in [3.63, 3.8) is 0 Å². The Kier molecular flexibility index (Phi) is 5.73. The summed E-state index contributed by atoms with van der Waals surface area (Å²) in [7, 11) is 0. The largest absolute Gasteiger partial charge is 0.310 e. The van der Waals surface area contributed by atoms with Crippen molar-refractivity contribution in [2.24, 2.45) is 0 Å². The van der Waals surface area contributed by atoms with Gasteiger partial charge in [0, 0.05) is 16.1 Å². The summed E-state index contributed by atoms with van der Waals surface area (Å²) in [5.41, 5.74) is 0.643. The fraction of sp³-hybridized carbons (Fsp3) is 0.500. The van der Waals surface area contributed by atoms with Crippen molar-refractivity contribution >= 4 is 27.5 Å². The second-order valence-electron chi connectivity index (χ2n) is 3.68. The lowest BCUT2D eigenvalue weighted by Gasteiger charge is -2.18. The minimum atomic E-state index is -0.327. The SMILES string of the molecule is CCCNC(CC)c1ccc(Br)c(Cl)c1F. The average molecular weight is 309 g/mol. The molecule has 0 heterocycles. The van der Waals surface area contributed by atoms with Crippen molar-refractivity contribution in [2.75, 3.05) is 6.54 Å². The van der Waals surface area contributed by atoms with Crippen molar-refractivity contribution in [3.05, 3.63) is 33.0 Å². The fourth-order valence-corrected chi connectivity index (χ4v) is 2.08. The Morgan fingerprint density at radius 1 is 1.44 bits per heavy atom. The number of benzene rings is 1. The summed E-state index contributed by atoms with van der Waals surface area (Å²) < 4.78 is 14.5. The Balaban J connectivity index is 2.96. The number of rotatable bonds is 5. The zero-order valence-electron chi connectivity index (χ0n) is 9.49. The predicted molar refractivity (Wildman–Crippen MR) is 70.4 cm³/mol. The van der Waals surface area contributed by atoms with Crippen LogP contribution < -0.4 is 5.32 Å². The molecule has 0 saturated heterocycles. The molecular formula is C12H16BrClFN. The predicted octanol–water partition coefficient (Wildman–Crippen LogP) is 4.69. The van der Waals surface area contributed by atoms with Gasteiger partial charge in [0.05, 0.1) is 5.02 Å². The molecule has 0 aliphatic heterocycles. The normalized spacial score (nSPS) is 12.8. The molecule has 0 fully saturated rings. The lowest BCUT2D eigenvalue weighted by molar-refractivity contribution is 0.488. The Hall–Kier alpha value is -0.120. The molecule has 1 aromatic carbocycles. The van der Waals surface area contributed by atoms with Gasteiger partial charge >= 0.3 is 0 Å². The van der Waals surface area contributed by atoms with E-state index in [2.05, 4.69) is 28.2 Å². The standard InChI is InChI=1S/C12H16BrClFN/c1-3-7-16-10(4-2)8-5-6-9(13)11(14)12(8)15/h5-6,10,16H,3-4,7H2,1-2H3. The second-order valence-corrected chi connectivity index (χ2v) is 4.91. The van der Waals surface area contributed by atoms with Crippen molar-refractivity contribution in [1.82, 2.24) is 5.32 Å². The van der Waals surface area contributed by atoms with Crippen LogP contribution in [0.25, 0.3) is 0 Å². The monoisotopic (exact) mass is 307 g/mol. The van der Waals surface area contributed by atoms with E-state index in [1.807, 2.05) is 6.92 Å². The van der Waals surface area contributed by atoms with Crippen LogP contribution >= 0.6 is 27.5 Å². The molecule has 1 aromatic rings. The molecule has 16 heavy (non-hydrogen) atoms. The van der Waals surface area contributed by atoms with E-state index < -0.39 is 0 Å². The van der Waals surface area contributed by atoms with E-state index >= 15 is 0 Å². The van der Waals surface area contributed by atoms with Crippen LogP contribution in [-0.4, -0.2) is 6.54 Å². The van der Waals surface area contributed by atoms with Gasteiger partial charge in [-0.15, -0.1) is 0 Å². The Bertz CT molecular complexity index is 357.